The summed E-state index contributed by atoms with van der Waals surface area (Å²) in [5, 5.41) is 2.38. The zero-order chi connectivity index (χ0) is 16.5. The van der Waals surface area contributed by atoms with Gasteiger partial charge in [-0.05, 0) is 23.8 Å². The number of hydrogen-bond acceptors (Lipinski definition) is 4. The van der Waals surface area contributed by atoms with Gasteiger partial charge in [-0.3, -0.25) is 9.59 Å². The molecule has 0 heterocycles. The van der Waals surface area contributed by atoms with Crippen molar-refractivity contribution in [3.05, 3.63) is 41.7 Å². The van der Waals surface area contributed by atoms with Crippen LogP contribution in [0.5, 0.6) is 0 Å². The van der Waals surface area contributed by atoms with Gasteiger partial charge in [0, 0.05) is 20.2 Å². The third-order valence-electron chi connectivity index (χ3n) is 2.71. The molecule has 0 unspecified atom stereocenters. The van der Waals surface area contributed by atoms with E-state index >= 15 is 0 Å². The summed E-state index contributed by atoms with van der Waals surface area (Å²) < 4.78 is 17.5. The number of nitrogens with zero attached hydrogens (tertiary/aromatic N) is 1. The minimum atomic E-state index is -0.703. The van der Waals surface area contributed by atoms with Crippen LogP contribution in [0, 0.1) is 5.82 Å². The van der Waals surface area contributed by atoms with Crippen LogP contribution < -0.4 is 5.32 Å². The molecule has 1 aromatic rings. The first kappa shape index (κ1) is 17.4. The maximum Gasteiger partial charge on any atom is 0.331 e. The molecule has 0 radical (unpaired) electrons. The second kappa shape index (κ2) is 8.56. The van der Waals surface area contributed by atoms with Gasteiger partial charge in [-0.1, -0.05) is 12.1 Å². The van der Waals surface area contributed by atoms with E-state index in [1.54, 1.807) is 0 Å². The quantitative estimate of drug-likeness (QED) is 0.616. The highest BCUT2D eigenvalue weighted by Gasteiger charge is 2.13. The minimum Gasteiger partial charge on any atom is -0.452 e. The van der Waals surface area contributed by atoms with Crippen LogP contribution in [0.1, 0.15) is 5.56 Å². The van der Waals surface area contributed by atoms with Gasteiger partial charge in [0.05, 0.1) is 6.54 Å². The lowest BCUT2D eigenvalue weighted by Gasteiger charge is -2.15. The lowest BCUT2D eigenvalue weighted by molar-refractivity contribution is -0.148. The second-order valence-electron chi connectivity index (χ2n) is 4.42. The van der Waals surface area contributed by atoms with Crippen molar-refractivity contribution in [3.8, 4) is 0 Å². The Labute approximate surface area is 127 Å². The number of esters is 1. The highest BCUT2D eigenvalue weighted by molar-refractivity contribution is 5.90. The number of rotatable bonds is 6. The van der Waals surface area contributed by atoms with E-state index in [-0.39, 0.29) is 18.3 Å². The number of hydrogen-bond donors (Lipinski definition) is 1. The molecule has 7 heteroatoms. The molecule has 1 rings (SSSR count). The number of likely N-dealkylation sites (N-methyl/N-ethyl adjacent to an activating group) is 2. The van der Waals surface area contributed by atoms with E-state index in [0.29, 0.717) is 5.56 Å². The zero-order valence-electron chi connectivity index (χ0n) is 12.3. The maximum atomic E-state index is 12.7. The predicted molar refractivity (Wildman–Crippen MR) is 78.1 cm³/mol. The summed E-state index contributed by atoms with van der Waals surface area (Å²) in [4.78, 5) is 35.3. The van der Waals surface area contributed by atoms with Crippen LogP contribution >= 0.6 is 0 Å². The van der Waals surface area contributed by atoms with Crippen molar-refractivity contribution in [2.75, 3.05) is 27.2 Å². The molecule has 0 aliphatic carbocycles. The number of ether oxygens (including phenoxy) is 1. The van der Waals surface area contributed by atoms with E-state index in [2.05, 4.69) is 5.32 Å². The van der Waals surface area contributed by atoms with Crippen molar-refractivity contribution in [3.63, 3.8) is 0 Å². The Balaban J connectivity index is 2.40. The second-order valence-corrected chi connectivity index (χ2v) is 4.42. The van der Waals surface area contributed by atoms with E-state index in [4.69, 9.17) is 4.74 Å². The van der Waals surface area contributed by atoms with E-state index < -0.39 is 18.5 Å². The van der Waals surface area contributed by atoms with Gasteiger partial charge in [0.25, 0.3) is 5.91 Å². The van der Waals surface area contributed by atoms with Gasteiger partial charge in [0.15, 0.2) is 6.61 Å². The third kappa shape index (κ3) is 6.17. The lowest BCUT2D eigenvalue weighted by atomic mass is 10.2. The Hall–Kier alpha value is -2.70. The molecule has 1 aromatic carbocycles. The molecule has 0 saturated carbocycles. The van der Waals surface area contributed by atoms with Crippen molar-refractivity contribution < 1.29 is 23.5 Å². The van der Waals surface area contributed by atoms with Gasteiger partial charge in [-0.2, -0.15) is 0 Å². The molecule has 0 bridgehead atoms. The van der Waals surface area contributed by atoms with Crippen molar-refractivity contribution in [2.45, 2.75) is 0 Å². The number of benzene rings is 1. The summed E-state index contributed by atoms with van der Waals surface area (Å²) in [6.07, 6.45) is 2.58. The first-order valence-electron chi connectivity index (χ1n) is 6.47. The van der Waals surface area contributed by atoms with Gasteiger partial charge < -0.3 is 15.0 Å². The van der Waals surface area contributed by atoms with Crippen LogP contribution in [0.25, 0.3) is 6.08 Å². The van der Waals surface area contributed by atoms with E-state index in [9.17, 15) is 18.8 Å². The molecule has 0 spiro atoms. The van der Waals surface area contributed by atoms with Crippen LogP contribution in [0.3, 0.4) is 0 Å². The number of carbonyl (C=O) groups excluding carboxylic acids is 3. The molecule has 2 amide bonds. The van der Waals surface area contributed by atoms with Gasteiger partial charge in [-0.25, -0.2) is 9.18 Å². The van der Waals surface area contributed by atoms with Crippen molar-refractivity contribution >= 4 is 23.9 Å². The molecule has 118 valence electrons. The summed E-state index contributed by atoms with van der Waals surface area (Å²) in [6.45, 7) is -0.571. The summed E-state index contributed by atoms with van der Waals surface area (Å²) in [6, 6.07) is 5.54. The van der Waals surface area contributed by atoms with Crippen LogP contribution in [0.15, 0.2) is 30.3 Å². The van der Waals surface area contributed by atoms with Crippen molar-refractivity contribution in [1.29, 1.82) is 0 Å². The average molecular weight is 308 g/mol. The summed E-state index contributed by atoms with van der Waals surface area (Å²) in [7, 11) is 2.89. The van der Waals surface area contributed by atoms with Gasteiger partial charge >= 0.3 is 5.97 Å². The normalized spacial score (nSPS) is 10.3. The Morgan fingerprint density at radius 3 is 2.50 bits per heavy atom. The first-order valence-corrected chi connectivity index (χ1v) is 6.47. The van der Waals surface area contributed by atoms with E-state index in [1.165, 1.54) is 44.4 Å². The largest absolute Gasteiger partial charge is 0.452 e. The summed E-state index contributed by atoms with van der Waals surface area (Å²) >= 11 is 0. The Morgan fingerprint density at radius 1 is 1.27 bits per heavy atom. The highest BCUT2D eigenvalue weighted by Crippen LogP contribution is 2.04. The minimum absolute atomic E-state index is 0.113. The smallest absolute Gasteiger partial charge is 0.331 e. The van der Waals surface area contributed by atoms with Crippen molar-refractivity contribution in [2.24, 2.45) is 0 Å². The molecular weight excluding hydrogens is 291 g/mol. The first-order chi connectivity index (χ1) is 10.4. The molecule has 22 heavy (non-hydrogen) atoms. The summed E-state index contributed by atoms with van der Waals surface area (Å²) in [5.41, 5.74) is 0.626. The SMILES string of the molecule is CNC(=O)CN(C)C(=O)COC(=O)/C=C/c1ccc(F)cc1. The number of nitrogens with one attached hydrogen (secondary N) is 1. The molecule has 0 aliphatic heterocycles. The third-order valence-corrected chi connectivity index (χ3v) is 2.71. The van der Waals surface area contributed by atoms with Gasteiger partial charge in [-0.15, -0.1) is 0 Å². The lowest BCUT2D eigenvalue weighted by Crippen LogP contribution is -2.38. The zero-order valence-corrected chi connectivity index (χ0v) is 12.3. The molecular formula is C15H17FN2O4. The van der Waals surface area contributed by atoms with E-state index in [1.807, 2.05) is 0 Å². The number of halogens is 1. The Kier molecular flexibility index (Phi) is 6.75. The average Bonchev–Trinajstić information content (AvgIpc) is 2.51. The number of amides is 2. The molecule has 0 fully saturated rings. The fourth-order valence-corrected chi connectivity index (χ4v) is 1.41. The monoisotopic (exact) mass is 308 g/mol. The molecule has 0 aromatic heterocycles. The van der Waals surface area contributed by atoms with Crippen LogP contribution in [0.2, 0.25) is 0 Å². The molecule has 0 saturated heterocycles. The van der Waals surface area contributed by atoms with Gasteiger partial charge in [0.2, 0.25) is 5.91 Å². The van der Waals surface area contributed by atoms with Crippen LogP contribution in [-0.4, -0.2) is 49.9 Å². The fraction of sp³-hybridized carbons (Fsp3) is 0.267. The van der Waals surface area contributed by atoms with E-state index in [0.717, 1.165) is 11.0 Å². The standard InChI is InChI=1S/C15H17FN2O4/c1-17-13(19)9-18(2)14(20)10-22-15(21)8-5-11-3-6-12(16)7-4-11/h3-8H,9-10H2,1-2H3,(H,17,19)/b8-5+. The predicted octanol–water partition coefficient (Wildman–Crippen LogP) is 0.587. The van der Waals surface area contributed by atoms with Crippen molar-refractivity contribution in [1.82, 2.24) is 10.2 Å². The molecule has 0 aliphatic rings. The Bertz CT molecular complexity index is 569. The highest BCUT2D eigenvalue weighted by atomic mass is 19.1. The number of carbonyl (C=O) groups is 3. The van der Waals surface area contributed by atoms with Crippen LogP contribution in [-0.2, 0) is 19.1 Å². The summed E-state index contributed by atoms with van der Waals surface area (Å²) in [5.74, 6) is -1.89. The van der Waals surface area contributed by atoms with Crippen LogP contribution in [0.4, 0.5) is 4.39 Å². The topological polar surface area (TPSA) is 75.7 Å². The molecule has 1 N–H and O–H groups in total. The Morgan fingerprint density at radius 2 is 1.91 bits per heavy atom. The molecule has 0 atom stereocenters. The maximum absolute atomic E-state index is 12.7. The molecule has 6 nitrogen and oxygen atoms in total. The van der Waals surface area contributed by atoms with Gasteiger partial charge in [0.1, 0.15) is 5.82 Å². The fourth-order valence-electron chi connectivity index (χ4n) is 1.41.